The van der Waals surface area contributed by atoms with E-state index >= 15 is 0 Å². The third-order valence-corrected chi connectivity index (χ3v) is 2.30. The number of furan rings is 1. The van der Waals surface area contributed by atoms with Crippen molar-refractivity contribution >= 4 is 11.7 Å². The molecule has 0 bridgehead atoms. The fourth-order valence-corrected chi connectivity index (χ4v) is 1.49. The number of hydrogen-bond donors (Lipinski definition) is 3. The molecule has 1 aliphatic rings. The zero-order chi connectivity index (χ0) is 11.7. The second kappa shape index (κ2) is 3.86. The second-order valence-electron chi connectivity index (χ2n) is 3.50. The lowest BCUT2D eigenvalue weighted by atomic mass is 10.1. The Labute approximate surface area is 91.7 Å². The van der Waals surface area contributed by atoms with E-state index in [0.717, 1.165) is 11.3 Å². The summed E-state index contributed by atoms with van der Waals surface area (Å²) in [5.74, 6) is -0.390. The van der Waals surface area contributed by atoms with Crippen molar-refractivity contribution in [1.29, 1.82) is 0 Å². The van der Waals surface area contributed by atoms with E-state index in [1.165, 1.54) is 6.08 Å². The molecule has 0 spiro atoms. The van der Waals surface area contributed by atoms with Gasteiger partial charge in [0, 0.05) is 11.3 Å². The first-order valence-electron chi connectivity index (χ1n) is 4.73. The van der Waals surface area contributed by atoms with Gasteiger partial charge in [0.2, 0.25) is 0 Å². The molecule has 1 aromatic heterocycles. The smallest absolute Gasteiger partial charge is 0.336 e. The van der Waals surface area contributed by atoms with Gasteiger partial charge in [0.25, 0.3) is 0 Å². The molecule has 2 heterocycles. The molecule has 2 rings (SSSR count). The molecule has 3 N–H and O–H groups in total. The minimum Gasteiger partial charge on any atom is -0.478 e. The quantitative estimate of drug-likeness (QED) is 0.690. The van der Waals surface area contributed by atoms with Crippen molar-refractivity contribution in [3.05, 3.63) is 41.4 Å². The van der Waals surface area contributed by atoms with Gasteiger partial charge in [-0.15, -0.1) is 0 Å². The number of carboxylic acid groups (broad SMARTS) is 1. The van der Waals surface area contributed by atoms with Crippen LogP contribution in [0.3, 0.4) is 0 Å². The molecule has 0 radical (unpaired) electrons. The molecule has 0 saturated heterocycles. The van der Waals surface area contributed by atoms with E-state index in [-0.39, 0.29) is 5.57 Å². The summed E-state index contributed by atoms with van der Waals surface area (Å²) in [5.41, 5.74) is 1.33. The molecule has 0 aromatic carbocycles. The first-order chi connectivity index (χ1) is 7.58. The van der Waals surface area contributed by atoms with Gasteiger partial charge in [-0.2, -0.15) is 0 Å². The van der Waals surface area contributed by atoms with Crippen molar-refractivity contribution in [3.63, 3.8) is 0 Å². The van der Waals surface area contributed by atoms with E-state index in [9.17, 15) is 9.90 Å². The summed E-state index contributed by atoms with van der Waals surface area (Å²) >= 11 is 0. The largest absolute Gasteiger partial charge is 0.478 e. The maximum absolute atomic E-state index is 10.7. The molecule has 0 fully saturated rings. The molecule has 1 aromatic rings. The number of aryl methyl sites for hydroxylation is 1. The van der Waals surface area contributed by atoms with Crippen LogP contribution in [-0.4, -0.2) is 22.4 Å². The molecular formula is C11H11NO4. The molecule has 0 aliphatic carbocycles. The van der Waals surface area contributed by atoms with Crippen LogP contribution in [0.4, 0.5) is 0 Å². The first kappa shape index (κ1) is 10.5. The normalized spacial score (nSPS) is 19.8. The number of aliphatic hydroxyl groups excluding tert-OH is 1. The zero-order valence-corrected chi connectivity index (χ0v) is 8.60. The number of carboxylic acids is 1. The lowest BCUT2D eigenvalue weighted by Gasteiger charge is -2.20. The summed E-state index contributed by atoms with van der Waals surface area (Å²) in [7, 11) is 0. The number of allylic oxidation sites excluding steroid dienone is 2. The fraction of sp³-hybridized carbons (Fsp3) is 0.182. The van der Waals surface area contributed by atoms with Gasteiger partial charge in [0.15, 0.2) is 6.23 Å². The van der Waals surface area contributed by atoms with Gasteiger partial charge >= 0.3 is 5.97 Å². The summed E-state index contributed by atoms with van der Waals surface area (Å²) in [5, 5.41) is 21.0. The number of aliphatic hydroxyl groups is 1. The van der Waals surface area contributed by atoms with Crippen LogP contribution >= 0.6 is 0 Å². The number of carbonyl (C=O) groups is 1. The maximum Gasteiger partial charge on any atom is 0.336 e. The predicted molar refractivity (Wildman–Crippen MR) is 56.3 cm³/mol. The molecular weight excluding hydrogens is 210 g/mol. The minimum absolute atomic E-state index is 0.0797. The standard InChI is InChI=1S/C11H11NO4/c1-6-4-7(5-16-6)9-3-2-8(11(14)15)10(13)12-9/h2-5,10,12-13H,1H3,(H,14,15). The molecule has 1 atom stereocenters. The van der Waals surface area contributed by atoms with Gasteiger partial charge in [0.05, 0.1) is 11.8 Å². The number of hydrogen-bond acceptors (Lipinski definition) is 4. The van der Waals surface area contributed by atoms with Crippen molar-refractivity contribution in [2.24, 2.45) is 0 Å². The van der Waals surface area contributed by atoms with Crippen molar-refractivity contribution in [2.45, 2.75) is 13.2 Å². The van der Waals surface area contributed by atoms with Crippen LogP contribution in [0.25, 0.3) is 5.70 Å². The van der Waals surface area contributed by atoms with Crippen LogP contribution in [0.1, 0.15) is 11.3 Å². The van der Waals surface area contributed by atoms with Gasteiger partial charge in [-0.1, -0.05) is 0 Å². The zero-order valence-electron chi connectivity index (χ0n) is 8.60. The topological polar surface area (TPSA) is 82.7 Å². The van der Waals surface area contributed by atoms with Crippen LogP contribution in [0.2, 0.25) is 0 Å². The Hall–Kier alpha value is -2.01. The molecule has 16 heavy (non-hydrogen) atoms. The monoisotopic (exact) mass is 221 g/mol. The third-order valence-electron chi connectivity index (χ3n) is 2.30. The van der Waals surface area contributed by atoms with E-state index in [0.29, 0.717) is 5.70 Å². The van der Waals surface area contributed by atoms with Gasteiger partial charge < -0.3 is 19.9 Å². The number of dihydropyridines is 1. The third kappa shape index (κ3) is 1.85. The highest BCUT2D eigenvalue weighted by Crippen LogP contribution is 2.20. The van der Waals surface area contributed by atoms with E-state index in [1.54, 1.807) is 18.4 Å². The Morgan fingerprint density at radius 3 is 2.75 bits per heavy atom. The average Bonchev–Trinajstić information content (AvgIpc) is 2.64. The molecule has 84 valence electrons. The van der Waals surface area contributed by atoms with Gasteiger partial charge in [0.1, 0.15) is 5.76 Å². The molecule has 1 unspecified atom stereocenters. The number of aliphatic carboxylic acids is 1. The lowest BCUT2D eigenvalue weighted by molar-refractivity contribution is -0.133. The lowest BCUT2D eigenvalue weighted by Crippen LogP contribution is -2.34. The molecule has 0 amide bonds. The summed E-state index contributed by atoms with van der Waals surface area (Å²) < 4.78 is 5.13. The van der Waals surface area contributed by atoms with Gasteiger partial charge in [-0.3, -0.25) is 0 Å². The summed E-state index contributed by atoms with van der Waals surface area (Å²) in [6.45, 7) is 1.81. The van der Waals surface area contributed by atoms with Crippen molar-refractivity contribution in [3.8, 4) is 0 Å². The molecule has 5 nitrogen and oxygen atoms in total. The van der Waals surface area contributed by atoms with Crippen LogP contribution in [0.5, 0.6) is 0 Å². The van der Waals surface area contributed by atoms with E-state index in [2.05, 4.69) is 5.32 Å². The Morgan fingerprint density at radius 1 is 1.50 bits per heavy atom. The summed E-state index contributed by atoms with van der Waals surface area (Å²) in [6.07, 6.45) is 3.31. The van der Waals surface area contributed by atoms with Gasteiger partial charge in [-0.05, 0) is 25.1 Å². The SMILES string of the molecule is Cc1cc(C2=CC=C(C(=O)O)C(O)N2)co1. The molecule has 0 saturated carbocycles. The highest BCUT2D eigenvalue weighted by Gasteiger charge is 2.22. The van der Waals surface area contributed by atoms with Crippen molar-refractivity contribution < 1.29 is 19.4 Å². The van der Waals surface area contributed by atoms with Crippen LogP contribution in [0.15, 0.2) is 34.5 Å². The Morgan fingerprint density at radius 2 is 2.25 bits per heavy atom. The van der Waals surface area contributed by atoms with E-state index < -0.39 is 12.2 Å². The first-order valence-corrected chi connectivity index (χ1v) is 4.73. The maximum atomic E-state index is 10.7. The molecule has 1 aliphatic heterocycles. The Bertz CT molecular complexity index is 484. The highest BCUT2D eigenvalue weighted by atomic mass is 16.4. The highest BCUT2D eigenvalue weighted by molar-refractivity contribution is 5.90. The minimum atomic E-state index is -1.20. The molecule has 5 heteroatoms. The Balaban J connectivity index is 2.30. The van der Waals surface area contributed by atoms with Crippen LogP contribution < -0.4 is 5.32 Å². The van der Waals surface area contributed by atoms with Gasteiger partial charge in [-0.25, -0.2) is 4.79 Å². The van der Waals surface area contributed by atoms with Crippen LogP contribution in [-0.2, 0) is 4.79 Å². The van der Waals surface area contributed by atoms with E-state index in [1.807, 2.05) is 6.92 Å². The summed E-state index contributed by atoms with van der Waals surface area (Å²) in [6, 6.07) is 1.80. The van der Waals surface area contributed by atoms with E-state index in [4.69, 9.17) is 9.52 Å². The number of rotatable bonds is 2. The van der Waals surface area contributed by atoms with Crippen molar-refractivity contribution in [1.82, 2.24) is 5.32 Å². The average molecular weight is 221 g/mol. The number of nitrogens with one attached hydrogen (secondary N) is 1. The van der Waals surface area contributed by atoms with Crippen molar-refractivity contribution in [2.75, 3.05) is 0 Å². The summed E-state index contributed by atoms with van der Waals surface area (Å²) in [4.78, 5) is 10.7. The Kier molecular flexibility index (Phi) is 2.54. The fourth-order valence-electron chi connectivity index (χ4n) is 1.49. The predicted octanol–water partition coefficient (Wildman–Crippen LogP) is 0.862. The second-order valence-corrected chi connectivity index (χ2v) is 3.50. The van der Waals surface area contributed by atoms with Crippen LogP contribution in [0, 0.1) is 6.92 Å².